The molecule has 1 fully saturated rings. The van der Waals surface area contributed by atoms with E-state index < -0.39 is 0 Å². The first-order chi connectivity index (χ1) is 12.8. The molecule has 1 aromatic carbocycles. The van der Waals surface area contributed by atoms with Gasteiger partial charge in [-0.05, 0) is 67.7 Å². The maximum absolute atomic E-state index is 6.31. The van der Waals surface area contributed by atoms with Crippen molar-refractivity contribution in [3.8, 4) is 0 Å². The molecule has 0 bridgehead atoms. The molecule has 26 heavy (non-hydrogen) atoms. The minimum absolute atomic E-state index is 0.00550. The van der Waals surface area contributed by atoms with Crippen molar-refractivity contribution in [3.63, 3.8) is 0 Å². The van der Waals surface area contributed by atoms with Gasteiger partial charge in [-0.15, -0.1) is 0 Å². The quantitative estimate of drug-likeness (QED) is 0.844. The van der Waals surface area contributed by atoms with Gasteiger partial charge in [0.15, 0.2) is 0 Å². The van der Waals surface area contributed by atoms with Crippen molar-refractivity contribution in [2.24, 2.45) is 7.05 Å². The lowest BCUT2D eigenvalue weighted by Crippen LogP contribution is -2.43. The van der Waals surface area contributed by atoms with Gasteiger partial charge in [0.2, 0.25) is 0 Å². The van der Waals surface area contributed by atoms with Crippen molar-refractivity contribution in [1.29, 1.82) is 0 Å². The van der Waals surface area contributed by atoms with Gasteiger partial charge in [0.05, 0.1) is 18.4 Å². The molecule has 1 aromatic heterocycles. The van der Waals surface area contributed by atoms with Crippen LogP contribution in [0.1, 0.15) is 60.4 Å². The summed E-state index contributed by atoms with van der Waals surface area (Å²) in [5.41, 5.74) is 5.82. The van der Waals surface area contributed by atoms with Crippen LogP contribution in [0.5, 0.6) is 0 Å². The molecule has 1 unspecified atom stereocenters. The molecule has 1 atom stereocenters. The van der Waals surface area contributed by atoms with E-state index in [1.807, 2.05) is 0 Å². The number of ether oxygens (including phenoxy) is 1. The van der Waals surface area contributed by atoms with Crippen LogP contribution < -0.4 is 0 Å². The van der Waals surface area contributed by atoms with E-state index in [2.05, 4.69) is 52.2 Å². The normalized spacial score (nSPS) is 24.6. The molecule has 2 aromatic rings. The van der Waals surface area contributed by atoms with Gasteiger partial charge >= 0.3 is 0 Å². The second kappa shape index (κ2) is 6.50. The molecule has 5 rings (SSSR count). The highest BCUT2D eigenvalue weighted by Gasteiger charge is 2.42. The first-order valence-corrected chi connectivity index (χ1v) is 10.2. The molecule has 3 aliphatic rings. The lowest BCUT2D eigenvalue weighted by Gasteiger charge is -2.39. The smallest absolute Gasteiger partial charge is 0.0963 e. The van der Waals surface area contributed by atoms with Crippen molar-refractivity contribution < 1.29 is 4.74 Å². The SMILES string of the molecule is Cn1ncc2c1CCCC2CCN1CCC2(CC1)OCc1ccccc12. The highest BCUT2D eigenvalue weighted by molar-refractivity contribution is 5.35. The number of fused-ring (bicyclic) bond motifs is 3. The summed E-state index contributed by atoms with van der Waals surface area (Å²) in [5.74, 6) is 0.701. The minimum Gasteiger partial charge on any atom is -0.365 e. The molecule has 1 spiro atoms. The zero-order valence-corrected chi connectivity index (χ0v) is 15.8. The molecule has 0 radical (unpaired) electrons. The number of nitrogens with zero attached hydrogens (tertiary/aromatic N) is 3. The zero-order valence-electron chi connectivity index (χ0n) is 15.8. The van der Waals surface area contributed by atoms with E-state index in [0.717, 1.165) is 32.5 Å². The largest absolute Gasteiger partial charge is 0.365 e. The fourth-order valence-electron chi connectivity index (χ4n) is 5.37. The van der Waals surface area contributed by atoms with Gasteiger partial charge in [0.25, 0.3) is 0 Å². The van der Waals surface area contributed by atoms with E-state index in [0.29, 0.717) is 5.92 Å². The Morgan fingerprint density at radius 1 is 1.23 bits per heavy atom. The van der Waals surface area contributed by atoms with Gasteiger partial charge in [-0.25, -0.2) is 0 Å². The van der Waals surface area contributed by atoms with Gasteiger partial charge in [0.1, 0.15) is 0 Å². The summed E-state index contributed by atoms with van der Waals surface area (Å²) in [6.07, 6.45) is 9.49. The Hall–Kier alpha value is -1.65. The molecular weight excluding hydrogens is 322 g/mol. The monoisotopic (exact) mass is 351 g/mol. The molecule has 1 aliphatic carbocycles. The number of hydrogen-bond acceptors (Lipinski definition) is 3. The Labute approximate surface area is 156 Å². The van der Waals surface area contributed by atoms with E-state index >= 15 is 0 Å². The van der Waals surface area contributed by atoms with Crippen LogP contribution in [-0.2, 0) is 30.4 Å². The fourth-order valence-corrected chi connectivity index (χ4v) is 5.37. The van der Waals surface area contributed by atoms with Crippen molar-refractivity contribution in [2.75, 3.05) is 19.6 Å². The van der Waals surface area contributed by atoms with Gasteiger partial charge in [-0.2, -0.15) is 5.10 Å². The molecule has 4 nitrogen and oxygen atoms in total. The predicted molar refractivity (Wildman–Crippen MR) is 102 cm³/mol. The number of rotatable bonds is 3. The summed E-state index contributed by atoms with van der Waals surface area (Å²) < 4.78 is 8.39. The summed E-state index contributed by atoms with van der Waals surface area (Å²) in [6.45, 7) is 4.31. The maximum atomic E-state index is 6.31. The van der Waals surface area contributed by atoms with Gasteiger partial charge < -0.3 is 9.64 Å². The number of piperidine rings is 1. The summed E-state index contributed by atoms with van der Waals surface area (Å²) >= 11 is 0. The second-order valence-electron chi connectivity index (χ2n) is 8.33. The van der Waals surface area contributed by atoms with Crippen molar-refractivity contribution in [1.82, 2.24) is 14.7 Å². The van der Waals surface area contributed by atoms with Crippen LogP contribution in [-0.4, -0.2) is 34.3 Å². The second-order valence-corrected chi connectivity index (χ2v) is 8.33. The van der Waals surface area contributed by atoms with Crippen LogP contribution in [0, 0.1) is 0 Å². The molecule has 4 heteroatoms. The maximum Gasteiger partial charge on any atom is 0.0963 e. The van der Waals surface area contributed by atoms with E-state index in [1.165, 1.54) is 54.6 Å². The Bertz CT molecular complexity index is 788. The molecule has 3 heterocycles. The minimum atomic E-state index is -0.00550. The van der Waals surface area contributed by atoms with Crippen molar-refractivity contribution >= 4 is 0 Å². The third kappa shape index (κ3) is 2.71. The molecule has 0 N–H and O–H groups in total. The molecule has 0 amide bonds. The summed E-state index contributed by atoms with van der Waals surface area (Å²) in [5, 5.41) is 4.50. The number of aryl methyl sites for hydroxylation is 1. The average Bonchev–Trinajstić information content (AvgIpc) is 3.24. The van der Waals surface area contributed by atoms with E-state index in [9.17, 15) is 0 Å². The Kier molecular flexibility index (Phi) is 4.13. The highest BCUT2D eigenvalue weighted by atomic mass is 16.5. The molecule has 138 valence electrons. The van der Waals surface area contributed by atoms with Crippen molar-refractivity contribution in [3.05, 3.63) is 52.8 Å². The summed E-state index contributed by atoms with van der Waals surface area (Å²) in [6, 6.07) is 8.80. The van der Waals surface area contributed by atoms with Crippen LogP contribution in [0.4, 0.5) is 0 Å². The Morgan fingerprint density at radius 3 is 2.96 bits per heavy atom. The zero-order chi connectivity index (χ0) is 17.6. The number of likely N-dealkylation sites (tertiary alicyclic amines) is 1. The molecular formula is C22H29N3O. The number of hydrogen-bond donors (Lipinski definition) is 0. The van der Waals surface area contributed by atoms with Crippen LogP contribution in [0.15, 0.2) is 30.5 Å². The van der Waals surface area contributed by atoms with Gasteiger partial charge in [-0.3, -0.25) is 4.68 Å². The molecule has 2 aliphatic heterocycles. The first-order valence-electron chi connectivity index (χ1n) is 10.2. The number of benzene rings is 1. The first kappa shape index (κ1) is 16.5. The highest BCUT2D eigenvalue weighted by Crippen LogP contribution is 2.44. The third-order valence-corrected chi connectivity index (χ3v) is 6.97. The van der Waals surface area contributed by atoms with E-state index in [4.69, 9.17) is 4.74 Å². The van der Waals surface area contributed by atoms with Gasteiger partial charge in [0, 0.05) is 25.8 Å². The molecule has 1 saturated heterocycles. The van der Waals surface area contributed by atoms with Crippen LogP contribution in [0.25, 0.3) is 0 Å². The summed E-state index contributed by atoms with van der Waals surface area (Å²) in [4.78, 5) is 2.65. The topological polar surface area (TPSA) is 30.3 Å². The Balaban J connectivity index is 1.20. The average molecular weight is 351 g/mol. The predicted octanol–water partition coefficient (Wildman–Crippen LogP) is 3.75. The van der Waals surface area contributed by atoms with Crippen LogP contribution in [0.3, 0.4) is 0 Å². The number of aromatic nitrogens is 2. The fraction of sp³-hybridized carbons (Fsp3) is 0.591. The molecule has 0 saturated carbocycles. The van der Waals surface area contributed by atoms with E-state index in [1.54, 1.807) is 0 Å². The van der Waals surface area contributed by atoms with Crippen LogP contribution in [0.2, 0.25) is 0 Å². The van der Waals surface area contributed by atoms with Crippen LogP contribution >= 0.6 is 0 Å². The van der Waals surface area contributed by atoms with Gasteiger partial charge in [-0.1, -0.05) is 24.3 Å². The Morgan fingerprint density at radius 2 is 2.08 bits per heavy atom. The summed E-state index contributed by atoms with van der Waals surface area (Å²) in [7, 11) is 2.09. The third-order valence-electron chi connectivity index (χ3n) is 6.97. The lowest BCUT2D eigenvalue weighted by atomic mass is 9.82. The van der Waals surface area contributed by atoms with E-state index in [-0.39, 0.29) is 5.60 Å². The standard InChI is InChI=1S/C22H29N3O/c1-24-21-8-4-6-17(19(21)15-23-24)9-12-25-13-10-22(11-14-25)20-7-3-2-5-18(20)16-26-22/h2-3,5,7,15,17H,4,6,8-14,16H2,1H3. The van der Waals surface area contributed by atoms with Crippen molar-refractivity contribution in [2.45, 2.75) is 56.7 Å². The lowest BCUT2D eigenvalue weighted by molar-refractivity contribution is -0.0789.